The van der Waals surface area contributed by atoms with E-state index in [1.807, 2.05) is 20.1 Å². The van der Waals surface area contributed by atoms with Crippen LogP contribution in [0.1, 0.15) is 32.6 Å². The fraction of sp³-hybridized carbons (Fsp3) is 0.526. The third kappa shape index (κ3) is 3.93. The lowest BCUT2D eigenvalue weighted by Gasteiger charge is -2.27. The first-order valence-electron chi connectivity index (χ1n) is 9.39. The molecule has 1 fully saturated rings. The van der Waals surface area contributed by atoms with Crippen molar-refractivity contribution < 1.29 is 24.8 Å². The molecule has 0 aromatic carbocycles. The quantitative estimate of drug-likeness (QED) is 0.220. The van der Waals surface area contributed by atoms with E-state index in [-0.39, 0.29) is 5.82 Å². The highest BCUT2D eigenvalue weighted by Gasteiger charge is 2.53. The molecule has 30 heavy (non-hydrogen) atoms. The molecule has 3 rings (SSSR count). The molecule has 0 aliphatic carbocycles. The number of aliphatic hydroxyl groups excluding tert-OH is 2. The van der Waals surface area contributed by atoms with Gasteiger partial charge in [0.1, 0.15) is 29.3 Å². The van der Waals surface area contributed by atoms with Crippen LogP contribution in [0.15, 0.2) is 17.4 Å². The van der Waals surface area contributed by atoms with E-state index in [1.54, 1.807) is 16.8 Å². The average Bonchev–Trinajstić information content (AvgIpc) is 3.17. The number of hydrogen-bond acceptors (Lipinski definition) is 10. The van der Waals surface area contributed by atoms with Crippen molar-refractivity contribution in [3.05, 3.63) is 17.8 Å². The molecule has 0 spiro atoms. The van der Waals surface area contributed by atoms with Crippen LogP contribution in [-0.2, 0) is 9.47 Å². The molecule has 1 aliphatic heterocycles. The van der Waals surface area contributed by atoms with Gasteiger partial charge in [-0.05, 0) is 50.9 Å². The summed E-state index contributed by atoms with van der Waals surface area (Å²) in [6.45, 7) is 5.17. The second kappa shape index (κ2) is 8.77. The molecule has 1 saturated heterocycles. The molecular weight excluding hydrogens is 428 g/mol. The maximum atomic E-state index is 11.0. The van der Waals surface area contributed by atoms with Crippen molar-refractivity contribution in [2.24, 2.45) is 0 Å². The smallest absolute Gasteiger partial charge is 0.191 e. The number of aliphatic hydroxyl groups is 3. The Morgan fingerprint density at radius 3 is 2.77 bits per heavy atom. The summed E-state index contributed by atoms with van der Waals surface area (Å²) in [6, 6.07) is 0. The van der Waals surface area contributed by atoms with Crippen LogP contribution in [0, 0.1) is 0 Å². The Balaban J connectivity index is 2.23. The molecule has 2 aromatic rings. The number of aromatic nitrogens is 3. The minimum atomic E-state index is -1.67. The molecule has 0 amide bonds. The number of nitrogens with two attached hydrogens (primary N) is 1. The van der Waals surface area contributed by atoms with Crippen LogP contribution in [0.3, 0.4) is 0 Å². The van der Waals surface area contributed by atoms with Crippen LogP contribution in [0.2, 0.25) is 0 Å². The summed E-state index contributed by atoms with van der Waals surface area (Å²) < 4.78 is 12.8. The van der Waals surface area contributed by atoms with Crippen LogP contribution in [0.5, 0.6) is 0 Å². The van der Waals surface area contributed by atoms with Crippen LogP contribution in [0.25, 0.3) is 16.6 Å². The Bertz CT molecular complexity index is 991. The number of thiocarbonyl (C=S) groups is 1. The molecule has 9 nitrogen and oxygen atoms in total. The van der Waals surface area contributed by atoms with Gasteiger partial charge in [-0.15, -0.1) is 0 Å². The molecule has 164 valence electrons. The number of thioether (sulfide) groups is 1. The molecule has 2 aromatic heterocycles. The number of nitrogen functional groups attached to an aromatic ring is 1. The Hall–Kier alpha value is -1.76. The Kier molecular flexibility index (Phi) is 6.70. The molecular formula is C19H26N4O5S2. The summed E-state index contributed by atoms with van der Waals surface area (Å²) in [6.07, 6.45) is 2.04. The van der Waals surface area contributed by atoms with Crippen molar-refractivity contribution in [1.82, 2.24) is 14.5 Å². The zero-order valence-corrected chi connectivity index (χ0v) is 18.8. The van der Waals surface area contributed by atoms with Gasteiger partial charge in [-0.2, -0.15) is 0 Å². The molecule has 0 radical (unpaired) electrons. The Morgan fingerprint density at radius 1 is 1.50 bits per heavy atom. The van der Waals surface area contributed by atoms with E-state index in [0.29, 0.717) is 33.4 Å². The summed E-state index contributed by atoms with van der Waals surface area (Å²) >= 11 is 6.55. The van der Waals surface area contributed by atoms with Crippen LogP contribution in [-0.4, -0.2) is 72.2 Å². The van der Waals surface area contributed by atoms with Crippen molar-refractivity contribution in [3.63, 3.8) is 0 Å². The maximum absolute atomic E-state index is 11.0. The molecule has 4 atom stereocenters. The molecule has 0 saturated carbocycles. The first-order chi connectivity index (χ1) is 14.1. The van der Waals surface area contributed by atoms with Crippen LogP contribution >= 0.6 is 24.0 Å². The van der Waals surface area contributed by atoms with Crippen molar-refractivity contribution in [1.29, 1.82) is 0 Å². The van der Waals surface area contributed by atoms with Crippen molar-refractivity contribution in [3.8, 4) is 0 Å². The van der Waals surface area contributed by atoms with Gasteiger partial charge in [-0.3, -0.25) is 0 Å². The zero-order chi connectivity index (χ0) is 22.2. The van der Waals surface area contributed by atoms with E-state index < -0.39 is 30.6 Å². The minimum Gasteiger partial charge on any atom is -0.484 e. The van der Waals surface area contributed by atoms with Gasteiger partial charge in [0.25, 0.3) is 0 Å². The number of nitrogens with zero attached hydrogens (tertiary/aromatic N) is 3. The summed E-state index contributed by atoms with van der Waals surface area (Å²) in [4.78, 5) is 8.90. The van der Waals surface area contributed by atoms with Gasteiger partial charge in [-0.1, -0.05) is 11.8 Å². The van der Waals surface area contributed by atoms with Gasteiger partial charge in [-0.25, -0.2) is 9.97 Å². The van der Waals surface area contributed by atoms with Gasteiger partial charge in [0.15, 0.2) is 16.4 Å². The molecule has 11 heteroatoms. The standard InChI is InChI=1S/C19H26N4O5S2/c1-5-27-12(29)6-9(2)10-7-23(16-13(10)15(20)21-18(22-16)30-4)17-19(3,26)14(25)11(8-24)28-17/h6-7,11,14,17,24-26H,5,8H2,1-4H3,(H2,20,21,22)/b9-6+/t11-,14-,17?,19-/m1/s1. The monoisotopic (exact) mass is 454 g/mol. The number of allylic oxidation sites excluding steroid dienone is 1. The first kappa shape index (κ1) is 22.9. The predicted octanol–water partition coefficient (Wildman–Crippen LogP) is 1.50. The molecule has 3 heterocycles. The fourth-order valence-electron chi connectivity index (χ4n) is 3.55. The van der Waals surface area contributed by atoms with E-state index in [0.717, 1.165) is 5.57 Å². The molecule has 0 bridgehead atoms. The Labute approximate surface area is 183 Å². The second-order valence-electron chi connectivity index (χ2n) is 7.20. The molecule has 1 unspecified atom stereocenters. The summed E-state index contributed by atoms with van der Waals surface area (Å²) in [5, 5.41) is 32.2. The van der Waals surface area contributed by atoms with Crippen molar-refractivity contribution >= 4 is 51.5 Å². The summed E-state index contributed by atoms with van der Waals surface area (Å²) in [5.41, 5.74) is 6.48. The van der Waals surface area contributed by atoms with E-state index in [4.69, 9.17) is 27.4 Å². The largest absolute Gasteiger partial charge is 0.484 e. The summed E-state index contributed by atoms with van der Waals surface area (Å²) in [7, 11) is 0. The van der Waals surface area contributed by atoms with E-state index in [2.05, 4.69) is 9.97 Å². The number of ether oxygens (including phenoxy) is 2. The lowest BCUT2D eigenvalue weighted by Crippen LogP contribution is -2.44. The van der Waals surface area contributed by atoms with Gasteiger partial charge < -0.3 is 35.1 Å². The Morgan fingerprint density at radius 2 is 2.20 bits per heavy atom. The second-order valence-corrected chi connectivity index (χ2v) is 8.38. The van der Waals surface area contributed by atoms with E-state index >= 15 is 0 Å². The highest BCUT2D eigenvalue weighted by atomic mass is 32.2. The van der Waals surface area contributed by atoms with E-state index in [9.17, 15) is 15.3 Å². The number of anilines is 1. The minimum absolute atomic E-state index is 0.269. The lowest BCUT2D eigenvalue weighted by molar-refractivity contribution is -0.0948. The van der Waals surface area contributed by atoms with Gasteiger partial charge in [0, 0.05) is 11.8 Å². The maximum Gasteiger partial charge on any atom is 0.191 e. The third-order valence-corrected chi connectivity index (χ3v) is 5.88. The predicted molar refractivity (Wildman–Crippen MR) is 119 cm³/mol. The van der Waals surface area contributed by atoms with Crippen LogP contribution in [0.4, 0.5) is 5.82 Å². The van der Waals surface area contributed by atoms with Crippen LogP contribution < -0.4 is 5.73 Å². The zero-order valence-electron chi connectivity index (χ0n) is 17.2. The van der Waals surface area contributed by atoms with E-state index in [1.165, 1.54) is 18.7 Å². The molecule has 5 N–H and O–H groups in total. The molecule has 1 aliphatic rings. The topological polar surface area (TPSA) is 136 Å². The number of rotatable bonds is 6. The van der Waals surface area contributed by atoms with Gasteiger partial charge in [0.2, 0.25) is 0 Å². The SMILES string of the molecule is CCOC(=S)/C=C(\C)c1cn(C2O[C@H](CO)[C@@H](O)[C@@]2(C)O)c2nc(SC)nc(N)c12. The normalized spacial score (nSPS) is 27.0. The number of hydrogen-bond donors (Lipinski definition) is 4. The lowest BCUT2D eigenvalue weighted by atomic mass is 9.96. The van der Waals surface area contributed by atoms with Gasteiger partial charge in [0.05, 0.1) is 18.6 Å². The van der Waals surface area contributed by atoms with Gasteiger partial charge >= 0.3 is 0 Å². The fourth-order valence-corrected chi connectivity index (χ4v) is 4.21. The number of fused-ring (bicyclic) bond motifs is 1. The summed E-state index contributed by atoms with van der Waals surface area (Å²) in [5.74, 6) is 0.269. The first-order valence-corrected chi connectivity index (χ1v) is 11.0. The highest BCUT2D eigenvalue weighted by Crippen LogP contribution is 2.42. The third-order valence-electron chi connectivity index (χ3n) is 5.10. The van der Waals surface area contributed by atoms with Crippen molar-refractivity contribution in [2.75, 3.05) is 25.2 Å². The average molecular weight is 455 g/mol. The van der Waals surface area contributed by atoms with Crippen molar-refractivity contribution in [2.45, 2.75) is 50.0 Å². The highest BCUT2D eigenvalue weighted by molar-refractivity contribution is 7.98.